The van der Waals surface area contributed by atoms with E-state index in [9.17, 15) is 19.8 Å². The number of ether oxygens (including phenoxy) is 6. The molecular formula is C94H100N12O10. The average Bonchev–Trinajstić information content (AvgIpc) is 1.62. The van der Waals surface area contributed by atoms with Crippen LogP contribution in [0.3, 0.4) is 0 Å². The molecule has 596 valence electrons. The normalized spacial score (nSPS) is 16.4. The molecule has 0 fully saturated rings. The Kier molecular flexibility index (Phi) is 23.9. The molecule has 4 aromatic carbocycles. The third-order valence-corrected chi connectivity index (χ3v) is 20.0. The Balaban J connectivity index is 0.000000135. The fourth-order valence-corrected chi connectivity index (χ4v) is 14.7. The number of amides is 1. The van der Waals surface area contributed by atoms with E-state index in [1.54, 1.807) is 73.2 Å². The van der Waals surface area contributed by atoms with E-state index in [-0.39, 0.29) is 31.1 Å². The number of H-pyrrole nitrogens is 6. The van der Waals surface area contributed by atoms with Gasteiger partial charge in [-0.1, -0.05) is 66.7 Å². The minimum Gasteiger partial charge on any atom is -0.494 e. The van der Waals surface area contributed by atoms with Crippen LogP contribution < -0.4 is 56.8 Å². The number of aliphatic hydroxyl groups excluding tert-OH is 2. The van der Waals surface area contributed by atoms with Crippen LogP contribution in [0.1, 0.15) is 125 Å². The summed E-state index contributed by atoms with van der Waals surface area (Å²) >= 11 is 0. The number of aliphatic hydroxyl groups is 2. The lowest BCUT2D eigenvalue weighted by atomic mass is 9.91. The largest absolute Gasteiger partial charge is 0.514 e. The first kappa shape index (κ1) is 80.9. The average molecular weight is 1560 g/mol. The van der Waals surface area contributed by atoms with E-state index in [0.717, 1.165) is 190 Å². The summed E-state index contributed by atoms with van der Waals surface area (Å²) in [7, 11) is 8.53. The van der Waals surface area contributed by atoms with E-state index in [4.69, 9.17) is 48.4 Å². The molecule has 4 aliphatic heterocycles. The number of aromatic nitrogens is 7. The third-order valence-electron chi connectivity index (χ3n) is 20.0. The number of allylic oxidation sites excluding steroid dienone is 2. The van der Waals surface area contributed by atoms with Gasteiger partial charge in [0.05, 0.1) is 107 Å². The van der Waals surface area contributed by atoms with E-state index in [1.165, 1.54) is 11.1 Å². The number of hydrogen-bond donors (Lipinski definition) is 8. The zero-order chi connectivity index (χ0) is 82.6. The van der Waals surface area contributed by atoms with Crippen molar-refractivity contribution < 1.29 is 48.2 Å². The lowest BCUT2D eigenvalue weighted by Crippen LogP contribution is -2.29. The van der Waals surface area contributed by atoms with Gasteiger partial charge in [-0.05, 0) is 220 Å². The Morgan fingerprint density at radius 3 is 1.67 bits per heavy atom. The minimum atomic E-state index is -0.747. The van der Waals surface area contributed by atoms with Crippen molar-refractivity contribution in [2.45, 2.75) is 114 Å². The minimum absolute atomic E-state index is 0.0165. The van der Waals surface area contributed by atoms with Gasteiger partial charge in [0.25, 0.3) is 0 Å². The summed E-state index contributed by atoms with van der Waals surface area (Å²) in [6, 6.07) is 43.9. The number of likely N-dealkylation sites (N-methyl/N-ethyl adjacent to an activating group) is 1. The van der Waals surface area contributed by atoms with Gasteiger partial charge in [0.1, 0.15) is 45.8 Å². The van der Waals surface area contributed by atoms with Crippen LogP contribution in [0.25, 0.3) is 64.3 Å². The van der Waals surface area contributed by atoms with Crippen molar-refractivity contribution in [2.75, 3.05) is 48.6 Å². The molecule has 0 bridgehead atoms. The van der Waals surface area contributed by atoms with E-state index in [2.05, 4.69) is 111 Å². The van der Waals surface area contributed by atoms with Gasteiger partial charge >= 0.3 is 6.16 Å². The van der Waals surface area contributed by atoms with Gasteiger partial charge in [0, 0.05) is 117 Å². The van der Waals surface area contributed by atoms with Crippen LogP contribution >= 0.6 is 0 Å². The third kappa shape index (κ3) is 17.8. The monoisotopic (exact) mass is 1560 g/mol. The van der Waals surface area contributed by atoms with Gasteiger partial charge in [0.15, 0.2) is 0 Å². The number of hydrogen-bond acceptors (Lipinski definition) is 14. The number of nitrogens with zero attached hydrogens (tertiary/aromatic N) is 6. The number of aryl methyl sites for hydroxylation is 8. The molecule has 5 aliphatic rings. The second-order valence-electron chi connectivity index (χ2n) is 30.6. The number of benzene rings is 4. The van der Waals surface area contributed by atoms with E-state index in [1.807, 2.05) is 163 Å². The number of para-hydroxylation sites is 2. The SMILES string of the molecule is COC1=CC(C2=Cc3ccccc3C2C(=O)N(C)C)=N/C1=C\c1[nH]c(C)cc1C.COC1=CC(c2cc3ccccc3n2CCO)=N/C1=C\c1[nH]c(C)cc1C.COc1cc(=C2N=c3ccccc3=C2CO)[nH]/c1=C\c1[nH]c(C)cc1C.Cc1cc(C)c(/C=c2\[nH]c(=C3C=c4c(OC(=O)OC(C)(C)C)cccc4=N3)cc2OC(C)C)[nH]1. The van der Waals surface area contributed by atoms with Crippen molar-refractivity contribution in [2.24, 2.45) is 20.0 Å². The first-order valence-corrected chi connectivity index (χ1v) is 38.6. The van der Waals surface area contributed by atoms with Gasteiger partial charge in [-0.3, -0.25) is 4.79 Å². The molecule has 1 unspecified atom stereocenters. The molecule has 7 aromatic heterocycles. The van der Waals surface area contributed by atoms with Crippen LogP contribution in [-0.2, 0) is 25.5 Å². The topological polar surface area (TPSA) is 282 Å². The fraction of sp³-hybridized carbons (Fsp3) is 0.255. The van der Waals surface area contributed by atoms with Gasteiger partial charge in [0.2, 0.25) is 5.91 Å². The molecule has 116 heavy (non-hydrogen) atoms. The summed E-state index contributed by atoms with van der Waals surface area (Å²) in [5.74, 6) is 3.00. The Hall–Kier alpha value is -13.2. The van der Waals surface area contributed by atoms with Gasteiger partial charge in [-0.15, -0.1) is 0 Å². The van der Waals surface area contributed by atoms with E-state index >= 15 is 0 Å². The predicted molar refractivity (Wildman–Crippen MR) is 459 cm³/mol. The van der Waals surface area contributed by atoms with Crippen molar-refractivity contribution in [3.05, 3.63) is 301 Å². The zero-order valence-electron chi connectivity index (χ0n) is 68.9. The number of aromatic amines is 6. The Bertz CT molecular complexity index is 6470. The molecule has 22 heteroatoms. The molecule has 0 saturated carbocycles. The maximum atomic E-state index is 13.0. The molecule has 11 aromatic rings. The zero-order valence-corrected chi connectivity index (χ0v) is 68.9. The predicted octanol–water partition coefficient (Wildman–Crippen LogP) is 11.7. The smallest absolute Gasteiger partial charge is 0.494 e. The summed E-state index contributed by atoms with van der Waals surface area (Å²) in [5, 5.41) is 27.2. The number of carbonyl (C=O) groups excluding carboxylic acids is 2. The highest BCUT2D eigenvalue weighted by molar-refractivity contribution is 6.20. The molecule has 22 nitrogen and oxygen atoms in total. The van der Waals surface area contributed by atoms with Crippen molar-refractivity contribution in [3.63, 3.8) is 0 Å². The molecule has 8 N–H and O–H groups in total. The molecule has 1 atom stereocenters. The summed E-state index contributed by atoms with van der Waals surface area (Å²) in [6.45, 7) is 26.3. The molecule has 1 aliphatic carbocycles. The standard InChI is InChI=1S/C27H31N3O4.C24H25N3O2.C22H23N3O2.C21H21N3O2/c1-15(2)32-25-14-22(30-23(25)13-20-16(3)11-17(4)28-20)21-12-18-19(29-21)9-8-10-24(18)33-26(31)34-27(5,6)7;1-14-10-15(2)25-19(14)12-21-22(29-5)13-20(26-21)18-11-16-8-6-7-9-17(16)23(18)24(28)27(3)4;1-14-10-15(2)23-17(14)12-19-22(27-3)13-18(24-19)21-11-16-6-4-5-7-20(16)25(21)8-9-26;1-12-8-13(2)22-17(12)9-18-20(26-3)10-19(23-18)21-15(11-25)14-6-4-5-7-16(14)24-21/h8-15,28,30H,1-7H3;6-13,23,25H,1-5H3;4-7,10-13,23,26H,8-9H2,1-3H3;4-10,22-23,25H,11H2,1-3H3/b22-21?,23-13-;21-12-;19-12-;18-9-,21-19?. The second kappa shape index (κ2) is 34.3. The Labute approximate surface area is 673 Å². The maximum Gasteiger partial charge on any atom is 0.514 e. The lowest BCUT2D eigenvalue weighted by molar-refractivity contribution is -0.129. The summed E-state index contributed by atoms with van der Waals surface area (Å²) < 4.78 is 35.7. The Morgan fingerprint density at radius 1 is 0.560 bits per heavy atom. The first-order valence-electron chi connectivity index (χ1n) is 38.6. The van der Waals surface area contributed by atoms with Crippen molar-refractivity contribution in [3.8, 4) is 17.2 Å². The molecule has 11 heterocycles. The van der Waals surface area contributed by atoms with Crippen LogP contribution in [0, 0.1) is 55.4 Å². The van der Waals surface area contributed by atoms with E-state index < -0.39 is 11.8 Å². The molecular weight excluding hydrogens is 1460 g/mol. The number of methoxy groups -OCH3 is 3. The highest BCUT2D eigenvalue weighted by Crippen LogP contribution is 2.41. The van der Waals surface area contributed by atoms with E-state index in [0.29, 0.717) is 18.1 Å². The molecule has 0 saturated heterocycles. The van der Waals surface area contributed by atoms with Gasteiger partial charge < -0.3 is 78.0 Å². The molecule has 0 radical (unpaired) electrons. The van der Waals surface area contributed by atoms with Crippen LogP contribution in [-0.4, -0.2) is 133 Å². The van der Waals surface area contributed by atoms with Crippen LogP contribution in [0.15, 0.2) is 194 Å². The number of rotatable bonds is 16. The molecule has 0 spiro atoms. The van der Waals surface area contributed by atoms with Crippen molar-refractivity contribution in [1.29, 1.82) is 0 Å². The quantitative estimate of drug-likeness (QED) is 0.0334. The highest BCUT2D eigenvalue weighted by atomic mass is 16.7. The number of nitrogens with one attached hydrogen (secondary N) is 6. The maximum absolute atomic E-state index is 13.0. The molecule has 16 rings (SSSR count). The van der Waals surface area contributed by atoms with Crippen LogP contribution in [0.5, 0.6) is 17.2 Å². The summed E-state index contributed by atoms with van der Waals surface area (Å²) in [6.07, 6.45) is 15.2. The lowest BCUT2D eigenvalue weighted by Gasteiger charge is -2.20. The number of aliphatic imine (C=N–C) groups is 2. The summed E-state index contributed by atoms with van der Waals surface area (Å²) in [4.78, 5) is 66.3. The summed E-state index contributed by atoms with van der Waals surface area (Å²) in [5.41, 5.74) is 23.1. The second-order valence-corrected chi connectivity index (χ2v) is 30.6. The Morgan fingerprint density at radius 2 is 1.10 bits per heavy atom. The van der Waals surface area contributed by atoms with Gasteiger partial charge in [-0.2, -0.15) is 0 Å². The molecule has 1 amide bonds. The van der Waals surface area contributed by atoms with Crippen molar-refractivity contribution in [1.82, 2.24) is 39.4 Å². The first-order chi connectivity index (χ1) is 55.6. The van der Waals surface area contributed by atoms with Gasteiger partial charge in [-0.25, -0.2) is 24.8 Å². The number of carbonyl (C=O) groups is 2. The number of fused-ring (bicyclic) bond motifs is 4. The van der Waals surface area contributed by atoms with Crippen LogP contribution in [0.2, 0.25) is 0 Å². The van der Waals surface area contributed by atoms with Crippen LogP contribution in [0.4, 0.5) is 4.79 Å². The fourth-order valence-electron chi connectivity index (χ4n) is 14.7. The van der Waals surface area contributed by atoms with Crippen molar-refractivity contribution >= 4 is 87.8 Å². The highest BCUT2D eigenvalue weighted by Gasteiger charge is 2.36.